The Kier molecular flexibility index (Phi) is 3.88. The van der Waals surface area contributed by atoms with Gasteiger partial charge in [-0.1, -0.05) is 12.8 Å². The third-order valence-corrected chi connectivity index (χ3v) is 4.54. The average molecular weight is 239 g/mol. The van der Waals surface area contributed by atoms with Gasteiger partial charge in [0.15, 0.2) is 0 Å². The maximum atomic E-state index is 11.3. The summed E-state index contributed by atoms with van der Waals surface area (Å²) in [5, 5.41) is 10.1. The Morgan fingerprint density at radius 3 is 2.47 bits per heavy atom. The summed E-state index contributed by atoms with van der Waals surface area (Å²) < 4.78 is 0. The van der Waals surface area contributed by atoms with E-state index in [0.717, 1.165) is 51.7 Å². The first-order chi connectivity index (χ1) is 8.05. The van der Waals surface area contributed by atoms with Gasteiger partial charge in [0.2, 0.25) is 0 Å². The van der Waals surface area contributed by atoms with Crippen molar-refractivity contribution in [1.29, 1.82) is 0 Å². The molecular formula is C14H25NO2. The predicted octanol–water partition coefficient (Wildman–Crippen LogP) is 1.98. The first kappa shape index (κ1) is 13.0. The van der Waals surface area contributed by atoms with Crippen molar-refractivity contribution in [2.24, 2.45) is 5.41 Å². The molecule has 1 aliphatic carbocycles. The highest BCUT2D eigenvalue weighted by Gasteiger charge is 2.36. The van der Waals surface area contributed by atoms with Gasteiger partial charge in [-0.3, -0.25) is 0 Å². The van der Waals surface area contributed by atoms with E-state index >= 15 is 0 Å². The van der Waals surface area contributed by atoms with Crippen LogP contribution in [0.2, 0.25) is 0 Å². The van der Waals surface area contributed by atoms with Crippen LogP contribution in [0.25, 0.3) is 0 Å². The van der Waals surface area contributed by atoms with Crippen molar-refractivity contribution >= 4 is 6.29 Å². The zero-order valence-corrected chi connectivity index (χ0v) is 11.0. The molecule has 1 saturated carbocycles. The van der Waals surface area contributed by atoms with Crippen LogP contribution in [-0.2, 0) is 4.79 Å². The lowest BCUT2D eigenvalue weighted by Crippen LogP contribution is -2.38. The lowest BCUT2D eigenvalue weighted by Gasteiger charge is -2.30. The number of nitrogens with zero attached hydrogens (tertiary/aromatic N) is 1. The highest BCUT2D eigenvalue weighted by atomic mass is 16.3. The van der Waals surface area contributed by atoms with Crippen LogP contribution in [0.3, 0.4) is 0 Å². The van der Waals surface area contributed by atoms with Crippen LogP contribution < -0.4 is 0 Å². The Bertz CT molecular complexity index is 269. The smallest absolute Gasteiger partial charge is 0.127 e. The Balaban J connectivity index is 1.92. The highest BCUT2D eigenvalue weighted by molar-refractivity contribution is 5.60. The van der Waals surface area contributed by atoms with E-state index in [1.54, 1.807) is 0 Å². The fourth-order valence-electron chi connectivity index (χ4n) is 3.32. The van der Waals surface area contributed by atoms with Crippen molar-refractivity contribution in [2.45, 2.75) is 57.5 Å². The molecule has 3 heteroatoms. The molecule has 1 unspecified atom stereocenters. The zero-order chi connectivity index (χ0) is 12.4. The van der Waals surface area contributed by atoms with Gasteiger partial charge >= 0.3 is 0 Å². The fraction of sp³-hybridized carbons (Fsp3) is 0.929. The summed E-state index contributed by atoms with van der Waals surface area (Å²) in [5.41, 5.74) is -0.574. The summed E-state index contributed by atoms with van der Waals surface area (Å²) in [6, 6.07) is 0. The monoisotopic (exact) mass is 239 g/mol. The molecule has 17 heavy (non-hydrogen) atoms. The van der Waals surface area contributed by atoms with Crippen LogP contribution >= 0.6 is 0 Å². The number of aliphatic hydroxyl groups is 1. The maximum Gasteiger partial charge on any atom is 0.127 e. The molecule has 1 atom stereocenters. The average Bonchev–Trinajstić information content (AvgIpc) is 2.68. The molecule has 0 amide bonds. The van der Waals surface area contributed by atoms with E-state index in [1.165, 1.54) is 19.1 Å². The Morgan fingerprint density at radius 1 is 1.12 bits per heavy atom. The van der Waals surface area contributed by atoms with Crippen LogP contribution in [-0.4, -0.2) is 41.5 Å². The number of likely N-dealkylation sites (tertiary alicyclic amines) is 1. The quantitative estimate of drug-likeness (QED) is 0.766. The number of aldehydes is 1. The van der Waals surface area contributed by atoms with Gasteiger partial charge in [0.05, 0.1) is 5.60 Å². The summed E-state index contributed by atoms with van der Waals surface area (Å²) in [6.07, 6.45) is 8.48. The Labute approximate surface area is 104 Å². The summed E-state index contributed by atoms with van der Waals surface area (Å²) in [4.78, 5) is 13.7. The molecule has 0 aromatic rings. The van der Waals surface area contributed by atoms with Gasteiger partial charge in [-0.15, -0.1) is 0 Å². The zero-order valence-electron chi connectivity index (χ0n) is 11.0. The normalized spacial score (nSPS) is 34.5. The second-order valence-electron chi connectivity index (χ2n) is 6.31. The molecule has 1 aliphatic heterocycles. The van der Waals surface area contributed by atoms with Crippen molar-refractivity contribution < 1.29 is 9.90 Å². The molecule has 1 heterocycles. The molecule has 1 saturated heterocycles. The molecular weight excluding hydrogens is 214 g/mol. The number of hydrogen-bond acceptors (Lipinski definition) is 3. The van der Waals surface area contributed by atoms with Crippen molar-refractivity contribution in [3.63, 3.8) is 0 Å². The van der Waals surface area contributed by atoms with Crippen LogP contribution in [0.5, 0.6) is 0 Å². The maximum absolute atomic E-state index is 11.3. The minimum atomic E-state index is -0.501. The molecule has 0 radical (unpaired) electrons. The first-order valence-corrected chi connectivity index (χ1v) is 6.96. The molecule has 0 spiro atoms. The van der Waals surface area contributed by atoms with Gasteiger partial charge in [-0.2, -0.15) is 0 Å². The van der Waals surface area contributed by atoms with Gasteiger partial charge < -0.3 is 14.8 Å². The van der Waals surface area contributed by atoms with Crippen LogP contribution in [0.15, 0.2) is 0 Å². The van der Waals surface area contributed by atoms with E-state index in [0.29, 0.717) is 0 Å². The van der Waals surface area contributed by atoms with Crippen molar-refractivity contribution in [2.75, 3.05) is 19.6 Å². The second kappa shape index (κ2) is 5.07. The van der Waals surface area contributed by atoms with E-state index in [9.17, 15) is 9.90 Å². The van der Waals surface area contributed by atoms with Gasteiger partial charge in [0, 0.05) is 18.5 Å². The molecule has 2 rings (SSSR count). The van der Waals surface area contributed by atoms with Gasteiger partial charge in [-0.25, -0.2) is 0 Å². The van der Waals surface area contributed by atoms with E-state index < -0.39 is 5.60 Å². The topological polar surface area (TPSA) is 40.5 Å². The lowest BCUT2D eigenvalue weighted by atomic mass is 9.87. The van der Waals surface area contributed by atoms with Crippen molar-refractivity contribution in [3.05, 3.63) is 0 Å². The molecule has 2 aliphatic rings. The summed E-state index contributed by atoms with van der Waals surface area (Å²) >= 11 is 0. The first-order valence-electron chi connectivity index (χ1n) is 6.96. The van der Waals surface area contributed by atoms with Gasteiger partial charge in [0.1, 0.15) is 6.29 Å². The summed E-state index contributed by atoms with van der Waals surface area (Å²) in [6.45, 7) is 4.81. The Hall–Kier alpha value is -0.410. The third-order valence-electron chi connectivity index (χ3n) is 4.54. The number of rotatable bonds is 3. The minimum absolute atomic E-state index is 0.0732. The minimum Gasteiger partial charge on any atom is -0.390 e. The molecule has 0 aromatic carbocycles. The number of carbonyl (C=O) groups excluding carboxylic acids is 1. The summed E-state index contributed by atoms with van der Waals surface area (Å²) in [7, 11) is 0. The van der Waals surface area contributed by atoms with Crippen molar-refractivity contribution in [1.82, 2.24) is 4.90 Å². The SMILES string of the molecule is CC1(O)CCCN(CC2(C=O)CCCC2)CC1. The van der Waals surface area contributed by atoms with Gasteiger partial charge in [0.25, 0.3) is 0 Å². The van der Waals surface area contributed by atoms with Crippen LogP contribution in [0.1, 0.15) is 51.9 Å². The Morgan fingerprint density at radius 2 is 1.82 bits per heavy atom. The van der Waals surface area contributed by atoms with Crippen LogP contribution in [0.4, 0.5) is 0 Å². The number of carbonyl (C=O) groups is 1. The van der Waals surface area contributed by atoms with Gasteiger partial charge in [-0.05, 0) is 45.6 Å². The van der Waals surface area contributed by atoms with Crippen LogP contribution in [0, 0.1) is 5.41 Å². The molecule has 0 bridgehead atoms. The third kappa shape index (κ3) is 3.29. The van der Waals surface area contributed by atoms with E-state index in [1.807, 2.05) is 6.92 Å². The van der Waals surface area contributed by atoms with E-state index in [4.69, 9.17) is 0 Å². The summed E-state index contributed by atoms with van der Waals surface area (Å²) in [5.74, 6) is 0. The predicted molar refractivity (Wildman–Crippen MR) is 67.9 cm³/mol. The molecule has 0 aromatic heterocycles. The molecule has 3 nitrogen and oxygen atoms in total. The van der Waals surface area contributed by atoms with E-state index in [-0.39, 0.29) is 5.41 Å². The van der Waals surface area contributed by atoms with E-state index in [2.05, 4.69) is 4.90 Å². The largest absolute Gasteiger partial charge is 0.390 e. The highest BCUT2D eigenvalue weighted by Crippen LogP contribution is 2.37. The fourth-order valence-corrected chi connectivity index (χ4v) is 3.32. The molecule has 1 N–H and O–H groups in total. The number of hydrogen-bond donors (Lipinski definition) is 1. The molecule has 98 valence electrons. The lowest BCUT2D eigenvalue weighted by molar-refractivity contribution is -0.117. The van der Waals surface area contributed by atoms with Crippen molar-refractivity contribution in [3.8, 4) is 0 Å². The second-order valence-corrected chi connectivity index (χ2v) is 6.31. The molecule has 2 fully saturated rings. The standard InChI is InChI=1S/C14H25NO2/c1-13(17)5-4-9-15(10-8-13)11-14(12-16)6-2-3-7-14/h12,17H,2-11H2,1H3.